The van der Waals surface area contributed by atoms with Crippen molar-refractivity contribution >= 4 is 11.4 Å². The molecule has 1 unspecified atom stereocenters. The molecule has 0 bridgehead atoms. The van der Waals surface area contributed by atoms with Gasteiger partial charge in [-0.15, -0.1) is 0 Å². The van der Waals surface area contributed by atoms with Crippen molar-refractivity contribution in [2.45, 2.75) is 38.2 Å². The van der Waals surface area contributed by atoms with Crippen LogP contribution in [0.15, 0.2) is 96.6 Å². The van der Waals surface area contributed by atoms with Gasteiger partial charge < -0.3 is 20.9 Å². The van der Waals surface area contributed by atoms with Gasteiger partial charge in [-0.3, -0.25) is 0 Å². The number of hydrogen-bond acceptors (Lipinski definition) is 4. The second-order valence-corrected chi connectivity index (χ2v) is 9.00. The molecule has 4 N–H and O–H groups in total. The molecule has 32 heavy (non-hydrogen) atoms. The van der Waals surface area contributed by atoms with Gasteiger partial charge in [0.1, 0.15) is 22.8 Å². The average molecular weight is 427 g/mol. The maximum atomic E-state index is 6.23. The van der Waals surface area contributed by atoms with Crippen LogP contribution in [0.3, 0.4) is 0 Å². The number of rotatable bonds is 6. The smallest absolute Gasteiger partial charge is 0.128 e. The van der Waals surface area contributed by atoms with E-state index in [2.05, 4.69) is 51.1 Å². The third-order valence-corrected chi connectivity index (χ3v) is 5.99. The van der Waals surface area contributed by atoms with Crippen LogP contribution in [0.1, 0.15) is 32.8 Å². The average Bonchev–Trinajstić information content (AvgIpc) is 2.77. The van der Waals surface area contributed by atoms with Gasteiger partial charge in [0.25, 0.3) is 0 Å². The van der Waals surface area contributed by atoms with Crippen LogP contribution in [-0.4, -0.2) is 5.60 Å². The highest BCUT2D eigenvalue weighted by Crippen LogP contribution is 2.38. The van der Waals surface area contributed by atoms with E-state index in [1.807, 2.05) is 60.7 Å². The Labute approximate surface area is 190 Å². The van der Waals surface area contributed by atoms with Crippen molar-refractivity contribution in [1.29, 1.82) is 0 Å². The Morgan fingerprint density at radius 3 is 1.75 bits per heavy atom. The monoisotopic (exact) mass is 426 g/mol. The summed E-state index contributed by atoms with van der Waals surface area (Å²) in [4.78, 5) is 0. The molecule has 0 amide bonds. The van der Waals surface area contributed by atoms with Gasteiger partial charge in [-0.2, -0.15) is 0 Å². The lowest BCUT2D eigenvalue weighted by molar-refractivity contribution is 0.142. The van der Waals surface area contributed by atoms with Gasteiger partial charge in [0.05, 0.1) is 0 Å². The summed E-state index contributed by atoms with van der Waals surface area (Å²) < 4.78 is 12.2. The van der Waals surface area contributed by atoms with E-state index in [0.29, 0.717) is 0 Å². The standard InChI is InChI=1S/C28H30N2O2/c1-27(2,20-4-10-24(11-5-20)31-25-12-6-22(29)7-13-25)21-16-18-28(3,19-17-21)32-26-14-8-23(30)9-15-26/h4-18H,19,29-30H2,1-3H3. The number of anilines is 2. The summed E-state index contributed by atoms with van der Waals surface area (Å²) in [5.41, 5.74) is 14.9. The van der Waals surface area contributed by atoms with Crippen molar-refractivity contribution in [2.24, 2.45) is 0 Å². The van der Waals surface area contributed by atoms with Crippen molar-refractivity contribution in [3.63, 3.8) is 0 Å². The Balaban J connectivity index is 1.44. The van der Waals surface area contributed by atoms with Gasteiger partial charge in [-0.1, -0.05) is 38.1 Å². The molecular formula is C28H30N2O2. The molecule has 0 aliphatic heterocycles. The van der Waals surface area contributed by atoms with E-state index in [-0.39, 0.29) is 11.0 Å². The van der Waals surface area contributed by atoms with Gasteiger partial charge in [0.2, 0.25) is 0 Å². The lowest BCUT2D eigenvalue weighted by Crippen LogP contribution is -2.32. The Morgan fingerprint density at radius 2 is 1.25 bits per heavy atom. The quantitative estimate of drug-likeness (QED) is 0.433. The number of allylic oxidation sites excluding steroid dienone is 2. The Bertz CT molecular complexity index is 1130. The molecule has 4 nitrogen and oxygen atoms in total. The molecule has 0 fully saturated rings. The van der Waals surface area contributed by atoms with Crippen molar-refractivity contribution < 1.29 is 9.47 Å². The SMILES string of the molecule is CC1(Oc2ccc(N)cc2)C=CC(C(C)(C)c2ccc(Oc3ccc(N)cc3)cc2)=CC1. The maximum absolute atomic E-state index is 6.23. The molecular weight excluding hydrogens is 396 g/mol. The fraction of sp³-hybridized carbons (Fsp3) is 0.214. The molecule has 0 saturated heterocycles. The van der Waals surface area contributed by atoms with E-state index in [1.165, 1.54) is 11.1 Å². The summed E-state index contributed by atoms with van der Waals surface area (Å²) in [6, 6.07) is 23.2. The van der Waals surface area contributed by atoms with Gasteiger partial charge >= 0.3 is 0 Å². The summed E-state index contributed by atoms with van der Waals surface area (Å²) in [6.07, 6.45) is 7.40. The third-order valence-electron chi connectivity index (χ3n) is 5.99. The minimum Gasteiger partial charge on any atom is -0.483 e. The van der Waals surface area contributed by atoms with Crippen LogP contribution >= 0.6 is 0 Å². The van der Waals surface area contributed by atoms with Crippen molar-refractivity contribution in [1.82, 2.24) is 0 Å². The zero-order chi connectivity index (χ0) is 22.8. The first kappa shape index (κ1) is 21.6. The first-order chi connectivity index (χ1) is 15.2. The number of benzene rings is 3. The van der Waals surface area contributed by atoms with E-state index in [4.69, 9.17) is 20.9 Å². The largest absolute Gasteiger partial charge is 0.483 e. The number of ether oxygens (including phenoxy) is 2. The molecule has 1 aliphatic carbocycles. The van der Waals surface area contributed by atoms with Gasteiger partial charge in [-0.05, 0) is 84.8 Å². The highest BCUT2D eigenvalue weighted by atomic mass is 16.5. The van der Waals surface area contributed by atoms with E-state index < -0.39 is 0 Å². The molecule has 3 aromatic carbocycles. The normalized spacial score (nSPS) is 18.2. The van der Waals surface area contributed by atoms with Gasteiger partial charge in [-0.25, -0.2) is 0 Å². The molecule has 0 spiro atoms. The van der Waals surface area contributed by atoms with E-state index in [9.17, 15) is 0 Å². The summed E-state index contributed by atoms with van der Waals surface area (Å²) in [6.45, 7) is 6.58. The highest BCUT2D eigenvalue weighted by molar-refractivity contribution is 5.47. The summed E-state index contributed by atoms with van der Waals surface area (Å²) in [7, 11) is 0. The molecule has 164 valence electrons. The van der Waals surface area contributed by atoms with Crippen LogP contribution in [-0.2, 0) is 5.41 Å². The second-order valence-electron chi connectivity index (χ2n) is 9.00. The van der Waals surface area contributed by atoms with Crippen molar-refractivity contribution in [2.75, 3.05) is 11.5 Å². The minimum atomic E-state index is -0.382. The van der Waals surface area contributed by atoms with Crippen LogP contribution in [0, 0.1) is 0 Å². The Morgan fingerprint density at radius 1 is 0.750 bits per heavy atom. The fourth-order valence-electron chi connectivity index (χ4n) is 3.84. The predicted octanol–water partition coefficient (Wildman–Crippen LogP) is 6.64. The molecule has 4 rings (SSSR count). The van der Waals surface area contributed by atoms with E-state index in [0.717, 1.165) is 35.0 Å². The first-order valence-corrected chi connectivity index (χ1v) is 10.8. The predicted molar refractivity (Wildman–Crippen MR) is 132 cm³/mol. The van der Waals surface area contributed by atoms with Gasteiger partial charge in [0, 0.05) is 23.2 Å². The van der Waals surface area contributed by atoms with Crippen molar-refractivity contribution in [3.8, 4) is 17.2 Å². The van der Waals surface area contributed by atoms with Crippen molar-refractivity contribution in [3.05, 3.63) is 102 Å². The maximum Gasteiger partial charge on any atom is 0.128 e. The van der Waals surface area contributed by atoms with Gasteiger partial charge in [0.15, 0.2) is 0 Å². The Kier molecular flexibility index (Phi) is 5.70. The van der Waals surface area contributed by atoms with Crippen LogP contribution in [0.4, 0.5) is 11.4 Å². The summed E-state index contributed by atoms with van der Waals surface area (Å²) in [5, 5.41) is 0. The zero-order valence-electron chi connectivity index (χ0n) is 18.8. The molecule has 1 aliphatic rings. The Hall–Kier alpha value is -3.66. The topological polar surface area (TPSA) is 70.5 Å². The van der Waals surface area contributed by atoms with E-state index >= 15 is 0 Å². The fourth-order valence-corrected chi connectivity index (χ4v) is 3.84. The number of nitrogens with two attached hydrogens (primary N) is 2. The number of hydrogen-bond donors (Lipinski definition) is 2. The molecule has 0 radical (unpaired) electrons. The molecule has 0 heterocycles. The second kappa shape index (κ2) is 8.46. The van der Waals surface area contributed by atoms with Crippen LogP contribution in [0.2, 0.25) is 0 Å². The molecule has 3 aromatic rings. The molecule has 0 aromatic heterocycles. The van der Waals surface area contributed by atoms with Crippen LogP contribution in [0.5, 0.6) is 17.2 Å². The highest BCUT2D eigenvalue weighted by Gasteiger charge is 2.31. The summed E-state index contributed by atoms with van der Waals surface area (Å²) in [5.74, 6) is 2.38. The van der Waals surface area contributed by atoms with Crippen LogP contribution in [0.25, 0.3) is 0 Å². The first-order valence-electron chi connectivity index (χ1n) is 10.8. The lowest BCUT2D eigenvalue weighted by atomic mass is 9.74. The van der Waals surface area contributed by atoms with Crippen LogP contribution < -0.4 is 20.9 Å². The molecule has 4 heteroatoms. The zero-order valence-corrected chi connectivity index (χ0v) is 18.8. The lowest BCUT2D eigenvalue weighted by Gasteiger charge is -2.34. The number of nitrogen functional groups attached to an aromatic ring is 2. The summed E-state index contributed by atoms with van der Waals surface area (Å²) >= 11 is 0. The molecule has 0 saturated carbocycles. The van der Waals surface area contributed by atoms with E-state index in [1.54, 1.807) is 0 Å². The molecule has 1 atom stereocenters. The third kappa shape index (κ3) is 4.80. The minimum absolute atomic E-state index is 0.140.